The molecule has 0 fully saturated rings. The van der Waals surface area contributed by atoms with Gasteiger partial charge in [-0.15, -0.1) is 0 Å². The van der Waals surface area contributed by atoms with Gasteiger partial charge in [-0.3, -0.25) is 0 Å². The molecule has 0 aromatic carbocycles. The second kappa shape index (κ2) is 4.89. The lowest BCUT2D eigenvalue weighted by atomic mass is 10.4. The van der Waals surface area contributed by atoms with Gasteiger partial charge in [-0.2, -0.15) is 0 Å². The van der Waals surface area contributed by atoms with Gasteiger partial charge in [0.05, 0.1) is 0 Å². The average Bonchev–Trinajstić information content (AvgIpc) is 2.00. The molecule has 1 radical (unpaired) electrons. The lowest BCUT2D eigenvalue weighted by molar-refractivity contribution is 0.667. The normalized spacial score (nSPS) is 17.4. The molecule has 61 valence electrons. The largest absolute Gasteiger partial charge is 0.314 e. The van der Waals surface area contributed by atoms with Gasteiger partial charge in [0.2, 0.25) is 0 Å². The summed E-state index contributed by atoms with van der Waals surface area (Å²) in [5.74, 6) is 0. The van der Waals surface area contributed by atoms with E-state index in [2.05, 4.69) is 13.8 Å². The van der Waals surface area contributed by atoms with E-state index in [1.54, 1.807) is 0 Å². The zero-order valence-electron chi connectivity index (χ0n) is 7.45. The van der Waals surface area contributed by atoms with E-state index in [0.717, 1.165) is 12.8 Å². The minimum Gasteiger partial charge on any atom is -0.314 e. The van der Waals surface area contributed by atoms with Gasteiger partial charge in [0, 0.05) is 0 Å². The number of hydrogen-bond donors (Lipinski definition) is 0. The molecule has 0 spiro atoms. The van der Waals surface area contributed by atoms with Gasteiger partial charge >= 0.3 is 0 Å². The van der Waals surface area contributed by atoms with Crippen LogP contribution in [0.25, 0.3) is 0 Å². The molecule has 0 saturated carbocycles. The molecule has 0 aliphatic heterocycles. The van der Waals surface area contributed by atoms with E-state index in [0.29, 0.717) is 11.1 Å². The third kappa shape index (κ3) is 2.82. The standard InChI is InChI=1S/C8H18FSi/c1-5-7(3)10(9)8(4)6-2/h7-8H,5-6H2,1-4H3. The first kappa shape index (κ1) is 10.1. The Balaban J connectivity index is 3.69. The molecule has 0 N–H and O–H groups in total. The minimum atomic E-state index is -1.55. The Morgan fingerprint density at radius 3 is 1.60 bits per heavy atom. The Labute approximate surface area is 65.6 Å². The van der Waals surface area contributed by atoms with Crippen molar-refractivity contribution in [3.8, 4) is 0 Å². The van der Waals surface area contributed by atoms with Gasteiger partial charge in [-0.05, 0) is 11.1 Å². The highest BCUT2D eigenvalue weighted by Crippen LogP contribution is 2.26. The molecule has 0 aliphatic rings. The molecule has 0 aliphatic carbocycles. The zero-order valence-corrected chi connectivity index (χ0v) is 8.45. The highest BCUT2D eigenvalue weighted by Gasteiger charge is 2.24. The maximum absolute atomic E-state index is 13.3. The molecule has 0 bridgehead atoms. The lowest BCUT2D eigenvalue weighted by Gasteiger charge is -2.16. The summed E-state index contributed by atoms with van der Waals surface area (Å²) in [7, 11) is -1.55. The molecular formula is C8H18FSi. The Morgan fingerprint density at radius 1 is 1.10 bits per heavy atom. The summed E-state index contributed by atoms with van der Waals surface area (Å²) in [5.41, 5.74) is 0.667. The van der Waals surface area contributed by atoms with Crippen LogP contribution in [-0.2, 0) is 0 Å². The molecule has 10 heavy (non-hydrogen) atoms. The van der Waals surface area contributed by atoms with Gasteiger partial charge in [-0.1, -0.05) is 40.5 Å². The highest BCUT2D eigenvalue weighted by molar-refractivity contribution is 6.54. The van der Waals surface area contributed by atoms with Crippen LogP contribution in [0.5, 0.6) is 0 Å². The van der Waals surface area contributed by atoms with Gasteiger partial charge < -0.3 is 4.11 Å². The smallest absolute Gasteiger partial charge is 0.276 e. The zero-order chi connectivity index (χ0) is 8.15. The second-order valence-electron chi connectivity index (χ2n) is 3.00. The summed E-state index contributed by atoms with van der Waals surface area (Å²) in [5, 5.41) is 0. The molecule has 2 unspecified atom stereocenters. The van der Waals surface area contributed by atoms with Crippen molar-refractivity contribution in [3.05, 3.63) is 0 Å². The summed E-state index contributed by atoms with van der Waals surface area (Å²) < 4.78 is 13.3. The van der Waals surface area contributed by atoms with E-state index in [-0.39, 0.29) is 0 Å². The molecule has 0 nitrogen and oxygen atoms in total. The van der Waals surface area contributed by atoms with Gasteiger partial charge in [0.1, 0.15) is 0 Å². The first-order valence-electron chi connectivity index (χ1n) is 4.15. The maximum atomic E-state index is 13.3. The van der Waals surface area contributed by atoms with E-state index < -0.39 is 9.13 Å². The Morgan fingerprint density at radius 2 is 1.40 bits per heavy atom. The molecule has 0 saturated heterocycles. The second-order valence-corrected chi connectivity index (χ2v) is 5.74. The summed E-state index contributed by atoms with van der Waals surface area (Å²) >= 11 is 0. The van der Waals surface area contributed by atoms with Crippen LogP contribution in [-0.4, -0.2) is 9.13 Å². The van der Waals surface area contributed by atoms with E-state index in [9.17, 15) is 4.11 Å². The van der Waals surface area contributed by atoms with Gasteiger partial charge in [-0.25, -0.2) is 0 Å². The Hall–Kier alpha value is 0.147. The van der Waals surface area contributed by atoms with E-state index in [4.69, 9.17) is 0 Å². The first-order chi connectivity index (χ1) is 4.63. The molecule has 2 heteroatoms. The van der Waals surface area contributed by atoms with Crippen LogP contribution in [0, 0.1) is 0 Å². The van der Waals surface area contributed by atoms with Crippen molar-refractivity contribution < 1.29 is 4.11 Å². The summed E-state index contributed by atoms with van der Waals surface area (Å²) in [6.07, 6.45) is 1.99. The van der Waals surface area contributed by atoms with Crippen molar-refractivity contribution >= 4 is 9.13 Å². The first-order valence-corrected chi connectivity index (χ1v) is 5.68. The molecule has 2 atom stereocenters. The highest BCUT2D eigenvalue weighted by atomic mass is 28.3. The molecule has 0 heterocycles. The fourth-order valence-corrected chi connectivity index (χ4v) is 2.63. The Kier molecular flexibility index (Phi) is 4.96. The monoisotopic (exact) mass is 161 g/mol. The van der Waals surface area contributed by atoms with Crippen LogP contribution >= 0.6 is 0 Å². The van der Waals surface area contributed by atoms with Crippen LogP contribution in [0.1, 0.15) is 40.5 Å². The van der Waals surface area contributed by atoms with Crippen molar-refractivity contribution in [2.45, 2.75) is 51.6 Å². The number of hydrogen-bond acceptors (Lipinski definition) is 0. The van der Waals surface area contributed by atoms with Gasteiger partial charge in [0.15, 0.2) is 0 Å². The van der Waals surface area contributed by atoms with E-state index in [1.807, 2.05) is 13.8 Å². The van der Waals surface area contributed by atoms with Crippen LogP contribution in [0.15, 0.2) is 0 Å². The number of halogens is 1. The summed E-state index contributed by atoms with van der Waals surface area (Å²) in [6.45, 7) is 8.19. The third-order valence-corrected chi connectivity index (χ3v) is 4.87. The SMILES string of the molecule is CCC(C)[Si](F)C(C)CC. The summed E-state index contributed by atoms with van der Waals surface area (Å²) in [6, 6.07) is 0. The molecule has 0 rings (SSSR count). The topological polar surface area (TPSA) is 0 Å². The van der Waals surface area contributed by atoms with Crippen molar-refractivity contribution in [2.75, 3.05) is 0 Å². The minimum absolute atomic E-state index is 0.333. The van der Waals surface area contributed by atoms with E-state index >= 15 is 0 Å². The summed E-state index contributed by atoms with van der Waals surface area (Å²) in [4.78, 5) is 0. The van der Waals surface area contributed by atoms with Crippen molar-refractivity contribution in [2.24, 2.45) is 0 Å². The van der Waals surface area contributed by atoms with E-state index in [1.165, 1.54) is 0 Å². The Bertz CT molecular complexity index is 75.3. The van der Waals surface area contributed by atoms with Gasteiger partial charge in [0.25, 0.3) is 9.13 Å². The fourth-order valence-electron chi connectivity index (χ4n) is 0.876. The van der Waals surface area contributed by atoms with Crippen molar-refractivity contribution in [1.82, 2.24) is 0 Å². The van der Waals surface area contributed by atoms with Crippen molar-refractivity contribution in [1.29, 1.82) is 0 Å². The predicted octanol–water partition coefficient (Wildman–Crippen LogP) is 3.55. The fraction of sp³-hybridized carbons (Fsp3) is 1.00. The van der Waals surface area contributed by atoms with Crippen LogP contribution < -0.4 is 0 Å². The molecule has 0 aromatic heterocycles. The number of rotatable bonds is 4. The van der Waals surface area contributed by atoms with Crippen LogP contribution in [0.4, 0.5) is 4.11 Å². The van der Waals surface area contributed by atoms with Crippen LogP contribution in [0.2, 0.25) is 11.1 Å². The van der Waals surface area contributed by atoms with Crippen LogP contribution in [0.3, 0.4) is 0 Å². The molecule has 0 aromatic rings. The maximum Gasteiger partial charge on any atom is 0.276 e. The lowest BCUT2D eigenvalue weighted by Crippen LogP contribution is -2.17. The quantitative estimate of drug-likeness (QED) is 0.437. The molecule has 0 amide bonds. The third-order valence-electron chi connectivity index (χ3n) is 2.17. The predicted molar refractivity (Wildman–Crippen MR) is 46.3 cm³/mol. The van der Waals surface area contributed by atoms with Crippen molar-refractivity contribution in [3.63, 3.8) is 0 Å². The molecular weight excluding hydrogens is 143 g/mol. The average molecular weight is 161 g/mol.